The van der Waals surface area contributed by atoms with E-state index in [2.05, 4.69) is 43.3 Å². The van der Waals surface area contributed by atoms with E-state index in [1.807, 2.05) is 36.4 Å². The van der Waals surface area contributed by atoms with E-state index >= 15 is 0 Å². The first kappa shape index (κ1) is 13.2. The summed E-state index contributed by atoms with van der Waals surface area (Å²) in [5, 5.41) is 1.68. The van der Waals surface area contributed by atoms with Gasteiger partial charge in [0, 0.05) is 16.0 Å². The average molecular weight is 303 g/mol. The molecule has 0 bridgehead atoms. The fraction of sp³-hybridized carbons (Fsp3) is 0.0500. The van der Waals surface area contributed by atoms with Gasteiger partial charge < -0.3 is 0 Å². The maximum absolute atomic E-state index is 12.8. The zero-order valence-corrected chi connectivity index (χ0v) is 13.1. The van der Waals surface area contributed by atoms with Crippen molar-refractivity contribution in [1.82, 2.24) is 0 Å². The third-order valence-corrected chi connectivity index (χ3v) is 6.51. The molecule has 0 aliphatic carbocycles. The molecule has 1 nitrogen and oxygen atoms in total. The van der Waals surface area contributed by atoms with E-state index in [-0.39, 0.29) is 15.9 Å². The quantitative estimate of drug-likeness (QED) is 0.340. The molecule has 0 amide bonds. The molecule has 0 saturated carbocycles. The number of hydrogen-bond acceptors (Lipinski definition) is 1. The second-order valence-corrected chi connectivity index (χ2v) is 7.32. The molecule has 0 N–H and O–H groups in total. The van der Waals surface area contributed by atoms with Crippen LogP contribution < -0.4 is 5.43 Å². The molecule has 4 aromatic rings. The van der Waals surface area contributed by atoms with Crippen LogP contribution in [0.3, 0.4) is 0 Å². The zero-order valence-electron chi connectivity index (χ0n) is 12.2. The number of rotatable bonds is 1. The predicted octanol–water partition coefficient (Wildman–Crippen LogP) is 5.40. The minimum absolute atomic E-state index is 0.142. The van der Waals surface area contributed by atoms with Gasteiger partial charge in [0.15, 0.2) is 14.3 Å². The molecular weight excluding hydrogens is 288 g/mol. The monoisotopic (exact) mass is 303 g/mol. The molecule has 22 heavy (non-hydrogen) atoms. The van der Waals surface area contributed by atoms with Crippen molar-refractivity contribution in [3.05, 3.63) is 88.6 Å². The highest BCUT2D eigenvalue weighted by molar-refractivity contribution is 7.49. The lowest BCUT2D eigenvalue weighted by molar-refractivity contribution is 1.51. The molecule has 0 aliphatic heterocycles. The van der Waals surface area contributed by atoms with Crippen LogP contribution in [0.25, 0.3) is 25.1 Å². The maximum atomic E-state index is 12.8. The van der Waals surface area contributed by atoms with Crippen molar-refractivity contribution in [1.29, 1.82) is 0 Å². The fourth-order valence-electron chi connectivity index (χ4n) is 2.95. The Morgan fingerprint density at radius 3 is 1.77 bits per heavy atom. The number of fused-ring (bicyclic) bond motifs is 2. The van der Waals surface area contributed by atoms with E-state index < -0.39 is 0 Å². The average Bonchev–Trinajstić information content (AvgIpc) is 2.57. The molecule has 1 aromatic heterocycles. The van der Waals surface area contributed by atoms with Crippen molar-refractivity contribution >= 4 is 30.6 Å². The lowest BCUT2D eigenvalue weighted by Gasteiger charge is -2.04. The van der Waals surface area contributed by atoms with Gasteiger partial charge in [0.2, 0.25) is 5.43 Å². The van der Waals surface area contributed by atoms with Gasteiger partial charge in [0.1, 0.15) is 0 Å². The van der Waals surface area contributed by atoms with E-state index in [1.165, 1.54) is 10.5 Å². The second kappa shape index (κ2) is 5.08. The van der Waals surface area contributed by atoms with Crippen LogP contribution in [0.15, 0.2) is 77.6 Å². The van der Waals surface area contributed by atoms with Crippen molar-refractivity contribution in [3.8, 4) is 4.90 Å². The first-order valence-corrected chi connectivity index (χ1v) is 8.52. The number of hydrogen-bond donors (Lipinski definition) is 0. The Bertz CT molecular complexity index is 1000. The van der Waals surface area contributed by atoms with E-state index in [9.17, 15) is 4.79 Å². The van der Waals surface area contributed by atoms with Crippen LogP contribution in [0.1, 0.15) is 5.56 Å². The Balaban J connectivity index is 2.32. The molecule has 0 aliphatic rings. The van der Waals surface area contributed by atoms with Crippen molar-refractivity contribution < 1.29 is 0 Å². The molecule has 0 unspecified atom stereocenters. The zero-order chi connectivity index (χ0) is 15.1. The standard InChI is InChI=1S/C20H15OS/c1-14-8-2-5-11-17(14)22-18-12-6-3-9-15(18)20(21)16-10-4-7-13-19(16)22/h2-13H,1H3/q+1. The van der Waals surface area contributed by atoms with Gasteiger partial charge in [-0.15, -0.1) is 0 Å². The summed E-state index contributed by atoms with van der Waals surface area (Å²) in [4.78, 5) is 14.1. The van der Waals surface area contributed by atoms with E-state index in [1.54, 1.807) is 0 Å². The fourth-order valence-corrected chi connectivity index (χ4v) is 5.46. The van der Waals surface area contributed by atoms with Crippen molar-refractivity contribution in [2.24, 2.45) is 0 Å². The van der Waals surface area contributed by atoms with Gasteiger partial charge in [-0.25, -0.2) is 0 Å². The summed E-state index contributed by atoms with van der Waals surface area (Å²) in [7, 11) is -0.211. The highest BCUT2D eigenvalue weighted by Crippen LogP contribution is 2.44. The normalized spacial score (nSPS) is 11.1. The van der Waals surface area contributed by atoms with Crippen LogP contribution in [-0.4, -0.2) is 0 Å². The molecule has 0 radical (unpaired) electrons. The summed E-state index contributed by atoms with van der Waals surface area (Å²) < 4.78 is 2.28. The van der Waals surface area contributed by atoms with E-state index in [0.717, 1.165) is 20.2 Å². The van der Waals surface area contributed by atoms with Crippen LogP contribution in [0.5, 0.6) is 0 Å². The number of benzene rings is 3. The van der Waals surface area contributed by atoms with Gasteiger partial charge in [-0.05, 0) is 37.3 Å². The molecule has 0 atom stereocenters. The van der Waals surface area contributed by atoms with Gasteiger partial charge in [-0.2, -0.15) is 0 Å². The van der Waals surface area contributed by atoms with Crippen LogP contribution in [0.2, 0.25) is 0 Å². The summed E-state index contributed by atoms with van der Waals surface area (Å²) in [5.41, 5.74) is 1.41. The summed E-state index contributed by atoms with van der Waals surface area (Å²) in [6, 6.07) is 24.5. The maximum Gasteiger partial charge on any atom is 0.203 e. The van der Waals surface area contributed by atoms with Gasteiger partial charge >= 0.3 is 0 Å². The van der Waals surface area contributed by atoms with Crippen molar-refractivity contribution in [2.45, 2.75) is 6.92 Å². The molecule has 106 valence electrons. The Kier molecular flexibility index (Phi) is 3.05. The van der Waals surface area contributed by atoms with Gasteiger partial charge in [-0.1, -0.05) is 42.5 Å². The third-order valence-electron chi connectivity index (χ3n) is 4.02. The molecule has 3 aromatic carbocycles. The Morgan fingerprint density at radius 1 is 0.682 bits per heavy atom. The van der Waals surface area contributed by atoms with Crippen molar-refractivity contribution in [2.75, 3.05) is 0 Å². The smallest absolute Gasteiger partial charge is 0.203 e. The lowest BCUT2D eigenvalue weighted by Crippen LogP contribution is -2.02. The Morgan fingerprint density at radius 2 is 1.18 bits per heavy atom. The van der Waals surface area contributed by atoms with Crippen LogP contribution in [-0.2, 0) is 0 Å². The third kappa shape index (κ3) is 1.88. The highest BCUT2D eigenvalue weighted by atomic mass is 32.2. The summed E-state index contributed by atoms with van der Waals surface area (Å²) in [6.07, 6.45) is 0. The van der Waals surface area contributed by atoms with E-state index in [4.69, 9.17) is 0 Å². The summed E-state index contributed by atoms with van der Waals surface area (Å²) in [5.74, 6) is 0. The highest BCUT2D eigenvalue weighted by Gasteiger charge is 2.23. The Hall–Kier alpha value is -2.45. The molecule has 0 spiro atoms. The molecule has 0 fully saturated rings. The minimum atomic E-state index is -0.211. The Labute approximate surface area is 131 Å². The SMILES string of the molecule is Cc1ccccc1-[s+]1c2ccccc2c(=O)c2ccccc21. The predicted molar refractivity (Wildman–Crippen MR) is 96.3 cm³/mol. The minimum Gasteiger partial charge on any atom is -0.288 e. The first-order valence-electron chi connectivity index (χ1n) is 7.30. The van der Waals surface area contributed by atoms with Crippen LogP contribution in [0, 0.1) is 6.92 Å². The molecule has 2 heteroatoms. The van der Waals surface area contributed by atoms with Crippen LogP contribution in [0.4, 0.5) is 0 Å². The largest absolute Gasteiger partial charge is 0.288 e. The molecule has 0 saturated heterocycles. The summed E-state index contributed by atoms with van der Waals surface area (Å²) >= 11 is 0. The molecular formula is C20H15OS+. The van der Waals surface area contributed by atoms with Gasteiger partial charge in [-0.3, -0.25) is 4.79 Å². The first-order chi connectivity index (χ1) is 10.8. The van der Waals surface area contributed by atoms with Crippen molar-refractivity contribution in [3.63, 3.8) is 0 Å². The summed E-state index contributed by atoms with van der Waals surface area (Å²) in [6.45, 7) is 2.14. The number of aryl methyl sites for hydroxylation is 1. The molecule has 1 heterocycles. The topological polar surface area (TPSA) is 17.1 Å². The van der Waals surface area contributed by atoms with Gasteiger partial charge in [0.25, 0.3) is 0 Å². The van der Waals surface area contributed by atoms with E-state index in [0.29, 0.717) is 0 Å². The molecule has 4 rings (SSSR count). The van der Waals surface area contributed by atoms with Crippen LogP contribution >= 0.6 is 10.5 Å². The van der Waals surface area contributed by atoms with Gasteiger partial charge in [0.05, 0.1) is 10.8 Å². The lowest BCUT2D eigenvalue weighted by atomic mass is 10.2. The second-order valence-electron chi connectivity index (χ2n) is 5.39.